The Bertz CT molecular complexity index is 1380. The van der Waals surface area contributed by atoms with Gasteiger partial charge in [0, 0.05) is 17.1 Å². The van der Waals surface area contributed by atoms with Gasteiger partial charge < -0.3 is 10.1 Å². The molecule has 0 aliphatic carbocycles. The zero-order valence-corrected chi connectivity index (χ0v) is 19.5. The highest BCUT2D eigenvalue weighted by Crippen LogP contribution is 2.24. The second-order valence-electron chi connectivity index (χ2n) is 7.55. The number of aromatic nitrogens is 4. The van der Waals surface area contributed by atoms with Crippen molar-refractivity contribution in [1.82, 2.24) is 20.0 Å². The number of aryl methyl sites for hydroxylation is 3. The molecule has 0 radical (unpaired) electrons. The lowest BCUT2D eigenvalue weighted by Crippen LogP contribution is -2.13. The molecule has 0 saturated heterocycles. The van der Waals surface area contributed by atoms with E-state index in [9.17, 15) is 8.42 Å². The lowest BCUT2D eigenvalue weighted by molar-refractivity contribution is 0.411. The lowest BCUT2D eigenvalue weighted by Gasteiger charge is -2.11. The van der Waals surface area contributed by atoms with Crippen molar-refractivity contribution < 1.29 is 13.2 Å². The monoisotopic (exact) mass is 464 g/mol. The number of hydrogen-bond donors (Lipinski definition) is 2. The maximum absolute atomic E-state index is 12.7. The number of anilines is 3. The SMILES string of the molecule is COc1ccc(S(=O)(=O)Nc2ccc(Nc3ccc(-n4nc(C)cc4C)nn3)cc2)cc1C. The number of methoxy groups -OCH3 is 1. The van der Waals surface area contributed by atoms with E-state index in [0.717, 1.165) is 22.6 Å². The van der Waals surface area contributed by atoms with Gasteiger partial charge in [-0.2, -0.15) is 5.10 Å². The molecule has 0 atom stereocenters. The second kappa shape index (κ2) is 8.91. The van der Waals surface area contributed by atoms with Crippen LogP contribution in [0, 0.1) is 20.8 Å². The molecule has 2 aromatic carbocycles. The van der Waals surface area contributed by atoms with Gasteiger partial charge >= 0.3 is 0 Å². The van der Waals surface area contributed by atoms with Gasteiger partial charge in [-0.15, -0.1) is 10.2 Å². The third-order valence-electron chi connectivity index (χ3n) is 4.96. The van der Waals surface area contributed by atoms with E-state index in [1.54, 1.807) is 61.2 Å². The van der Waals surface area contributed by atoms with Crippen LogP contribution >= 0.6 is 0 Å². The molecule has 33 heavy (non-hydrogen) atoms. The van der Waals surface area contributed by atoms with Crippen molar-refractivity contribution in [2.24, 2.45) is 0 Å². The summed E-state index contributed by atoms with van der Waals surface area (Å²) in [6.45, 7) is 5.68. The first-order valence-corrected chi connectivity index (χ1v) is 11.7. The zero-order chi connectivity index (χ0) is 23.6. The lowest BCUT2D eigenvalue weighted by atomic mass is 10.2. The molecule has 0 spiro atoms. The van der Waals surface area contributed by atoms with Crippen molar-refractivity contribution in [1.29, 1.82) is 0 Å². The molecular formula is C23H24N6O3S. The van der Waals surface area contributed by atoms with Crippen LogP contribution in [0.4, 0.5) is 17.2 Å². The van der Waals surface area contributed by atoms with Crippen molar-refractivity contribution in [2.45, 2.75) is 25.7 Å². The number of benzene rings is 2. The van der Waals surface area contributed by atoms with Crippen LogP contribution in [0.5, 0.6) is 5.75 Å². The Morgan fingerprint density at radius 3 is 2.18 bits per heavy atom. The Hall–Kier alpha value is -3.92. The van der Waals surface area contributed by atoms with Gasteiger partial charge in [0.15, 0.2) is 11.6 Å². The Morgan fingerprint density at radius 2 is 1.61 bits per heavy atom. The second-order valence-corrected chi connectivity index (χ2v) is 9.24. The summed E-state index contributed by atoms with van der Waals surface area (Å²) >= 11 is 0. The van der Waals surface area contributed by atoms with E-state index in [1.807, 2.05) is 26.0 Å². The van der Waals surface area contributed by atoms with Gasteiger partial charge in [-0.1, -0.05) is 0 Å². The quantitative estimate of drug-likeness (QED) is 0.423. The molecule has 170 valence electrons. The predicted octanol–water partition coefficient (Wildman–Crippen LogP) is 4.14. The van der Waals surface area contributed by atoms with E-state index in [-0.39, 0.29) is 4.90 Å². The van der Waals surface area contributed by atoms with Crippen LogP contribution in [-0.2, 0) is 10.0 Å². The smallest absolute Gasteiger partial charge is 0.261 e. The van der Waals surface area contributed by atoms with Crippen LogP contribution in [0.2, 0.25) is 0 Å². The molecule has 0 saturated carbocycles. The minimum absolute atomic E-state index is 0.168. The third-order valence-corrected chi connectivity index (χ3v) is 6.34. The molecule has 2 N–H and O–H groups in total. The van der Waals surface area contributed by atoms with Crippen molar-refractivity contribution in [2.75, 3.05) is 17.1 Å². The number of rotatable bonds is 7. The average molecular weight is 465 g/mol. The summed E-state index contributed by atoms with van der Waals surface area (Å²) in [5.74, 6) is 1.82. The van der Waals surface area contributed by atoms with Gasteiger partial charge in [-0.25, -0.2) is 13.1 Å². The van der Waals surface area contributed by atoms with Crippen LogP contribution < -0.4 is 14.8 Å². The predicted molar refractivity (Wildman–Crippen MR) is 127 cm³/mol. The first-order valence-electron chi connectivity index (χ1n) is 10.2. The van der Waals surface area contributed by atoms with Crippen LogP contribution in [0.15, 0.2) is 65.6 Å². The highest BCUT2D eigenvalue weighted by Gasteiger charge is 2.16. The van der Waals surface area contributed by atoms with Gasteiger partial charge in [0.25, 0.3) is 10.0 Å². The van der Waals surface area contributed by atoms with Gasteiger partial charge in [-0.05, 0) is 87.0 Å². The Labute approximate surface area is 192 Å². The highest BCUT2D eigenvalue weighted by molar-refractivity contribution is 7.92. The Kier molecular flexibility index (Phi) is 6.01. The summed E-state index contributed by atoms with van der Waals surface area (Å²) < 4.78 is 34.9. The molecule has 0 aliphatic heterocycles. The molecular weight excluding hydrogens is 440 g/mol. The molecule has 9 nitrogen and oxygen atoms in total. The van der Waals surface area contributed by atoms with Crippen molar-refractivity contribution in [3.05, 3.63) is 77.6 Å². The van der Waals surface area contributed by atoms with E-state index >= 15 is 0 Å². The number of hydrogen-bond acceptors (Lipinski definition) is 7. The Balaban J connectivity index is 1.44. The fourth-order valence-electron chi connectivity index (χ4n) is 3.37. The van der Waals surface area contributed by atoms with Crippen LogP contribution in [0.3, 0.4) is 0 Å². The fourth-order valence-corrected chi connectivity index (χ4v) is 4.51. The summed E-state index contributed by atoms with van der Waals surface area (Å²) in [6, 6.07) is 17.2. The zero-order valence-electron chi connectivity index (χ0n) is 18.7. The molecule has 0 unspecified atom stereocenters. The standard InChI is InChI=1S/C23H24N6O3S/c1-15-13-20(9-10-21(15)32-4)33(30,31)28-19-7-5-18(6-8-19)24-22-11-12-23(26-25-22)29-17(3)14-16(2)27-29/h5-14,28H,1-4H3,(H,24,25). The van der Waals surface area contributed by atoms with Crippen molar-refractivity contribution >= 4 is 27.2 Å². The highest BCUT2D eigenvalue weighted by atomic mass is 32.2. The van der Waals surface area contributed by atoms with E-state index in [4.69, 9.17) is 4.74 Å². The molecule has 2 heterocycles. The summed E-state index contributed by atoms with van der Waals surface area (Å²) in [5, 5.41) is 16.0. The van der Waals surface area contributed by atoms with Gasteiger partial charge in [0.2, 0.25) is 0 Å². The molecule has 2 aromatic heterocycles. The van der Waals surface area contributed by atoms with E-state index in [0.29, 0.717) is 23.1 Å². The topological polar surface area (TPSA) is 111 Å². The normalized spacial score (nSPS) is 11.3. The van der Waals surface area contributed by atoms with Crippen molar-refractivity contribution in [3.63, 3.8) is 0 Å². The molecule has 10 heteroatoms. The van der Waals surface area contributed by atoms with Crippen LogP contribution in [0.25, 0.3) is 5.82 Å². The van der Waals surface area contributed by atoms with Gasteiger partial charge in [0.05, 0.1) is 17.7 Å². The fraction of sp³-hybridized carbons (Fsp3) is 0.174. The van der Waals surface area contributed by atoms with Gasteiger partial charge in [-0.3, -0.25) is 4.72 Å². The summed E-state index contributed by atoms with van der Waals surface area (Å²) in [5.41, 5.74) is 3.82. The number of ether oxygens (including phenoxy) is 1. The van der Waals surface area contributed by atoms with Crippen molar-refractivity contribution in [3.8, 4) is 11.6 Å². The van der Waals surface area contributed by atoms with Crippen LogP contribution in [0.1, 0.15) is 17.0 Å². The van der Waals surface area contributed by atoms with E-state index in [2.05, 4.69) is 25.3 Å². The number of sulfonamides is 1. The first kappa shape index (κ1) is 22.3. The molecule has 0 aliphatic rings. The Morgan fingerprint density at radius 1 is 0.879 bits per heavy atom. The molecule has 0 fully saturated rings. The van der Waals surface area contributed by atoms with Gasteiger partial charge in [0.1, 0.15) is 5.75 Å². The molecule has 4 aromatic rings. The van der Waals surface area contributed by atoms with Crippen LogP contribution in [-0.4, -0.2) is 35.5 Å². The molecule has 0 amide bonds. The number of nitrogens with zero attached hydrogens (tertiary/aromatic N) is 4. The largest absolute Gasteiger partial charge is 0.496 e. The molecule has 4 rings (SSSR count). The van der Waals surface area contributed by atoms with E-state index in [1.165, 1.54) is 6.07 Å². The number of nitrogens with one attached hydrogen (secondary N) is 2. The average Bonchev–Trinajstić information content (AvgIpc) is 3.13. The summed E-state index contributed by atoms with van der Waals surface area (Å²) in [7, 11) is -2.17. The maximum Gasteiger partial charge on any atom is 0.261 e. The first-order chi connectivity index (χ1) is 15.7. The third kappa shape index (κ3) is 4.96. The minimum Gasteiger partial charge on any atom is -0.496 e. The maximum atomic E-state index is 12.7. The minimum atomic E-state index is -3.72. The summed E-state index contributed by atoms with van der Waals surface area (Å²) in [4.78, 5) is 0.168. The van der Waals surface area contributed by atoms with E-state index < -0.39 is 10.0 Å². The molecule has 0 bridgehead atoms. The summed E-state index contributed by atoms with van der Waals surface area (Å²) in [6.07, 6.45) is 0.